The monoisotopic (exact) mass is 274 g/mol. The van der Waals surface area contributed by atoms with Gasteiger partial charge in [0.2, 0.25) is 0 Å². The maximum Gasteiger partial charge on any atom is -0.0355 e. The lowest BCUT2D eigenvalue weighted by molar-refractivity contribution is 0.151. The first-order valence-electron chi connectivity index (χ1n) is 9.79. The Bertz CT molecular complexity index is 319. The van der Waals surface area contributed by atoms with E-state index in [0.717, 1.165) is 41.4 Å². The number of fused-ring (bicyclic) bond motifs is 2. The van der Waals surface area contributed by atoms with Gasteiger partial charge in [0.05, 0.1) is 0 Å². The molecule has 0 heteroatoms. The second kappa shape index (κ2) is 5.65. The van der Waals surface area contributed by atoms with Gasteiger partial charge in [0, 0.05) is 0 Å². The fraction of sp³-hybridized carbons (Fsp3) is 1.00. The van der Waals surface area contributed by atoms with Crippen molar-refractivity contribution in [2.24, 2.45) is 41.4 Å². The molecular formula is C20H34. The minimum Gasteiger partial charge on any atom is -0.0625 e. The van der Waals surface area contributed by atoms with Gasteiger partial charge in [0.1, 0.15) is 0 Å². The summed E-state index contributed by atoms with van der Waals surface area (Å²) in [5.41, 5.74) is 0. The molecule has 6 unspecified atom stereocenters. The van der Waals surface area contributed by atoms with Crippen LogP contribution in [0.25, 0.3) is 0 Å². The summed E-state index contributed by atoms with van der Waals surface area (Å²) in [6, 6.07) is 0. The van der Waals surface area contributed by atoms with E-state index in [0.29, 0.717) is 0 Å². The van der Waals surface area contributed by atoms with E-state index in [1.54, 1.807) is 77.0 Å². The van der Waals surface area contributed by atoms with Crippen molar-refractivity contribution >= 4 is 0 Å². The molecule has 0 nitrogen and oxygen atoms in total. The molecule has 0 heterocycles. The van der Waals surface area contributed by atoms with E-state index in [-0.39, 0.29) is 0 Å². The van der Waals surface area contributed by atoms with Gasteiger partial charge < -0.3 is 0 Å². The van der Waals surface area contributed by atoms with Crippen molar-refractivity contribution in [3.05, 3.63) is 0 Å². The summed E-state index contributed by atoms with van der Waals surface area (Å²) < 4.78 is 0. The Morgan fingerprint density at radius 1 is 0.700 bits per heavy atom. The van der Waals surface area contributed by atoms with Crippen LogP contribution in [0.15, 0.2) is 0 Å². The molecule has 0 spiro atoms. The first-order valence-corrected chi connectivity index (χ1v) is 9.79. The van der Waals surface area contributed by atoms with Gasteiger partial charge in [-0.05, 0) is 73.5 Å². The minimum absolute atomic E-state index is 1.04. The molecule has 0 aliphatic heterocycles. The van der Waals surface area contributed by atoms with Crippen molar-refractivity contribution in [3.8, 4) is 0 Å². The van der Waals surface area contributed by atoms with Crippen LogP contribution in [-0.4, -0.2) is 0 Å². The van der Waals surface area contributed by atoms with Gasteiger partial charge in [-0.25, -0.2) is 0 Å². The van der Waals surface area contributed by atoms with Crippen LogP contribution in [-0.2, 0) is 0 Å². The smallest absolute Gasteiger partial charge is 0.0355 e. The largest absolute Gasteiger partial charge is 0.0625 e. The second-order valence-electron chi connectivity index (χ2n) is 9.07. The van der Waals surface area contributed by atoms with Crippen molar-refractivity contribution in [2.75, 3.05) is 0 Å². The van der Waals surface area contributed by atoms with E-state index in [1.165, 1.54) is 0 Å². The highest BCUT2D eigenvalue weighted by Gasteiger charge is 2.42. The van der Waals surface area contributed by atoms with Gasteiger partial charge in [0.15, 0.2) is 0 Å². The Balaban J connectivity index is 1.36. The summed E-state index contributed by atoms with van der Waals surface area (Å²) in [5.74, 6) is 7.86. The standard InChI is InChI=1S/C20H34/c1-14-9-18-7-4-8-19(20(18)10-14)13-15-11-16-5-2-3-6-17(16)12-15/h14-20H,2-13H2,1H3. The van der Waals surface area contributed by atoms with Gasteiger partial charge in [-0.15, -0.1) is 0 Å². The summed E-state index contributed by atoms with van der Waals surface area (Å²) in [6.45, 7) is 2.51. The lowest BCUT2D eigenvalue weighted by Crippen LogP contribution is -2.25. The fourth-order valence-corrected chi connectivity index (χ4v) is 6.98. The number of hydrogen-bond donors (Lipinski definition) is 0. The lowest BCUT2D eigenvalue weighted by atomic mass is 9.70. The molecule has 0 amide bonds. The van der Waals surface area contributed by atoms with Crippen LogP contribution in [0, 0.1) is 41.4 Å². The third-order valence-electron chi connectivity index (χ3n) is 7.72. The van der Waals surface area contributed by atoms with Gasteiger partial charge in [0.25, 0.3) is 0 Å². The topological polar surface area (TPSA) is 0 Å². The van der Waals surface area contributed by atoms with Gasteiger partial charge in [-0.3, -0.25) is 0 Å². The predicted octanol–water partition coefficient (Wildman–Crippen LogP) is 6.06. The van der Waals surface area contributed by atoms with Crippen molar-refractivity contribution in [3.63, 3.8) is 0 Å². The average Bonchev–Trinajstić information content (AvgIpc) is 3.01. The molecule has 6 atom stereocenters. The average molecular weight is 274 g/mol. The van der Waals surface area contributed by atoms with E-state index in [1.807, 2.05) is 0 Å². The van der Waals surface area contributed by atoms with Gasteiger partial charge in [-0.2, -0.15) is 0 Å². The van der Waals surface area contributed by atoms with Crippen LogP contribution in [0.2, 0.25) is 0 Å². The Labute approximate surface area is 126 Å². The van der Waals surface area contributed by atoms with Crippen molar-refractivity contribution in [1.29, 1.82) is 0 Å². The van der Waals surface area contributed by atoms with E-state index in [9.17, 15) is 0 Å². The van der Waals surface area contributed by atoms with E-state index in [2.05, 4.69) is 6.92 Å². The summed E-state index contributed by atoms with van der Waals surface area (Å²) in [7, 11) is 0. The summed E-state index contributed by atoms with van der Waals surface area (Å²) in [5, 5.41) is 0. The number of hydrogen-bond acceptors (Lipinski definition) is 0. The highest BCUT2D eigenvalue weighted by Crippen LogP contribution is 2.53. The maximum absolute atomic E-state index is 2.51. The molecule has 4 aliphatic rings. The Morgan fingerprint density at radius 3 is 2.15 bits per heavy atom. The second-order valence-corrected chi connectivity index (χ2v) is 9.07. The molecule has 0 aromatic heterocycles. The molecule has 0 saturated heterocycles. The predicted molar refractivity (Wildman–Crippen MR) is 85.5 cm³/mol. The highest BCUT2D eigenvalue weighted by molar-refractivity contribution is 4.93. The molecule has 4 fully saturated rings. The van der Waals surface area contributed by atoms with Crippen LogP contribution in [0.4, 0.5) is 0 Å². The molecular weight excluding hydrogens is 240 g/mol. The van der Waals surface area contributed by atoms with Gasteiger partial charge >= 0.3 is 0 Å². The minimum atomic E-state index is 1.04. The first-order chi connectivity index (χ1) is 9.79. The van der Waals surface area contributed by atoms with Crippen molar-refractivity contribution in [2.45, 2.75) is 84.0 Å². The van der Waals surface area contributed by atoms with E-state index >= 15 is 0 Å². The van der Waals surface area contributed by atoms with Crippen LogP contribution in [0.1, 0.15) is 84.0 Å². The molecule has 4 saturated carbocycles. The van der Waals surface area contributed by atoms with Crippen molar-refractivity contribution < 1.29 is 0 Å². The SMILES string of the molecule is CC1CC2CCCC(CC3CC4CCCCC4C3)C2C1. The maximum atomic E-state index is 2.51. The zero-order valence-corrected chi connectivity index (χ0v) is 13.5. The summed E-state index contributed by atoms with van der Waals surface area (Å²) in [6.07, 6.45) is 19.0. The Kier molecular flexibility index (Phi) is 3.86. The lowest BCUT2D eigenvalue weighted by Gasteiger charge is -2.35. The molecule has 4 aliphatic carbocycles. The van der Waals surface area contributed by atoms with E-state index < -0.39 is 0 Å². The zero-order chi connectivity index (χ0) is 13.5. The molecule has 0 aromatic carbocycles. The molecule has 0 N–H and O–H groups in total. The summed E-state index contributed by atoms with van der Waals surface area (Å²) in [4.78, 5) is 0. The van der Waals surface area contributed by atoms with Crippen molar-refractivity contribution in [1.82, 2.24) is 0 Å². The van der Waals surface area contributed by atoms with Crippen LogP contribution in [0.5, 0.6) is 0 Å². The summed E-state index contributed by atoms with van der Waals surface area (Å²) >= 11 is 0. The highest BCUT2D eigenvalue weighted by atomic mass is 14.5. The molecule has 4 rings (SSSR count). The van der Waals surface area contributed by atoms with Crippen LogP contribution in [0.3, 0.4) is 0 Å². The number of rotatable bonds is 2. The first kappa shape index (κ1) is 13.6. The third-order valence-corrected chi connectivity index (χ3v) is 7.72. The van der Waals surface area contributed by atoms with Crippen LogP contribution < -0.4 is 0 Å². The zero-order valence-electron chi connectivity index (χ0n) is 13.5. The Hall–Kier alpha value is 0. The van der Waals surface area contributed by atoms with Crippen LogP contribution >= 0.6 is 0 Å². The van der Waals surface area contributed by atoms with Gasteiger partial charge in [-0.1, -0.05) is 51.9 Å². The molecule has 0 aromatic rings. The Morgan fingerprint density at radius 2 is 1.40 bits per heavy atom. The molecule has 114 valence electrons. The molecule has 20 heavy (non-hydrogen) atoms. The molecule has 0 radical (unpaired) electrons. The molecule has 0 bridgehead atoms. The quantitative estimate of drug-likeness (QED) is 0.574. The normalized spacial score (nSPS) is 51.8. The van der Waals surface area contributed by atoms with E-state index in [4.69, 9.17) is 0 Å². The third kappa shape index (κ3) is 2.57. The fourth-order valence-electron chi connectivity index (χ4n) is 6.98.